The predicted molar refractivity (Wildman–Crippen MR) is 119 cm³/mol. The first-order valence-corrected chi connectivity index (χ1v) is 9.08. The molecule has 5 nitrogen and oxygen atoms in total. The van der Waals surface area contributed by atoms with Crippen LogP contribution >= 0.6 is 35.6 Å². The van der Waals surface area contributed by atoms with Crippen molar-refractivity contribution in [3.8, 4) is 5.75 Å². The Hall–Kier alpha value is -1.75. The fourth-order valence-electron chi connectivity index (χ4n) is 2.47. The lowest BCUT2D eigenvalue weighted by Gasteiger charge is -2.15. The molecular weight excluding hydrogens is 520 g/mol. The van der Waals surface area contributed by atoms with Gasteiger partial charge in [0.1, 0.15) is 10.9 Å². The number of methoxy groups -OCH3 is 1. The highest BCUT2D eigenvalue weighted by molar-refractivity contribution is 14.0. The Morgan fingerprint density at radius 3 is 2.55 bits per heavy atom. The third-order valence-electron chi connectivity index (χ3n) is 3.87. The maximum absolute atomic E-state index is 13.3. The smallest absolute Gasteiger partial charge is 0.416 e. The minimum absolute atomic E-state index is 0. The Morgan fingerprint density at radius 2 is 1.97 bits per heavy atom. The maximum atomic E-state index is 13.3. The van der Waals surface area contributed by atoms with E-state index in [0.29, 0.717) is 30.6 Å². The van der Waals surface area contributed by atoms with Crippen LogP contribution in [0.1, 0.15) is 23.6 Å². The third kappa shape index (κ3) is 8.25. The van der Waals surface area contributed by atoms with E-state index < -0.39 is 11.7 Å². The van der Waals surface area contributed by atoms with Gasteiger partial charge in [0.05, 0.1) is 19.2 Å². The van der Waals surface area contributed by atoms with E-state index in [1.54, 1.807) is 12.3 Å². The maximum Gasteiger partial charge on any atom is 0.416 e. The van der Waals surface area contributed by atoms with Crippen LogP contribution in [0.2, 0.25) is 5.15 Å². The van der Waals surface area contributed by atoms with E-state index in [0.717, 1.165) is 11.6 Å². The van der Waals surface area contributed by atoms with Gasteiger partial charge in [0.2, 0.25) is 0 Å². The molecule has 1 heterocycles. The monoisotopic (exact) mass is 542 g/mol. The van der Waals surface area contributed by atoms with Crippen LogP contribution in [-0.2, 0) is 19.1 Å². The van der Waals surface area contributed by atoms with Crippen molar-refractivity contribution in [1.29, 1.82) is 0 Å². The summed E-state index contributed by atoms with van der Waals surface area (Å²) in [5, 5.41) is 6.55. The molecule has 2 rings (SSSR count). The zero-order chi connectivity index (χ0) is 20.6. The summed E-state index contributed by atoms with van der Waals surface area (Å²) in [6.07, 6.45) is -2.13. The fourth-order valence-corrected chi connectivity index (χ4v) is 2.58. The highest BCUT2D eigenvalue weighted by Gasteiger charge is 2.33. The molecule has 0 saturated heterocycles. The van der Waals surface area contributed by atoms with Gasteiger partial charge in [-0.25, -0.2) is 9.98 Å². The van der Waals surface area contributed by atoms with Gasteiger partial charge in [-0.15, -0.1) is 24.0 Å². The average molecular weight is 543 g/mol. The summed E-state index contributed by atoms with van der Waals surface area (Å²) in [6.45, 7) is 2.90. The second kappa shape index (κ2) is 12.1. The van der Waals surface area contributed by atoms with Crippen LogP contribution in [0.3, 0.4) is 0 Å². The van der Waals surface area contributed by atoms with Crippen LogP contribution in [0.5, 0.6) is 5.75 Å². The zero-order valence-electron chi connectivity index (χ0n) is 16.0. The molecule has 0 aliphatic rings. The first kappa shape index (κ1) is 25.3. The molecule has 10 heteroatoms. The Kier molecular flexibility index (Phi) is 10.5. The normalized spacial score (nSPS) is 11.6. The van der Waals surface area contributed by atoms with Crippen molar-refractivity contribution in [2.24, 2.45) is 4.99 Å². The molecule has 0 radical (unpaired) electrons. The molecule has 2 aromatic rings. The number of nitrogens with zero attached hydrogens (tertiary/aromatic N) is 2. The second-order valence-corrected chi connectivity index (χ2v) is 6.27. The summed E-state index contributed by atoms with van der Waals surface area (Å²) in [4.78, 5) is 8.29. The second-order valence-electron chi connectivity index (χ2n) is 5.88. The topological polar surface area (TPSA) is 58.5 Å². The first-order chi connectivity index (χ1) is 13.3. The van der Waals surface area contributed by atoms with E-state index in [-0.39, 0.29) is 41.8 Å². The van der Waals surface area contributed by atoms with Crippen molar-refractivity contribution >= 4 is 41.5 Å². The molecule has 0 bridgehead atoms. The van der Waals surface area contributed by atoms with Gasteiger partial charge in [-0.2, -0.15) is 13.2 Å². The third-order valence-corrected chi connectivity index (χ3v) is 4.09. The van der Waals surface area contributed by atoms with Gasteiger partial charge >= 0.3 is 6.18 Å². The van der Waals surface area contributed by atoms with Crippen LogP contribution in [0.15, 0.2) is 41.5 Å². The summed E-state index contributed by atoms with van der Waals surface area (Å²) >= 11 is 5.76. The summed E-state index contributed by atoms with van der Waals surface area (Å²) in [5.41, 5.74) is 0.313. The number of rotatable bonds is 7. The Bertz CT molecular complexity index is 801. The van der Waals surface area contributed by atoms with Crippen molar-refractivity contribution in [2.45, 2.75) is 26.1 Å². The zero-order valence-corrected chi connectivity index (χ0v) is 19.1. The number of alkyl halides is 3. The molecule has 0 spiro atoms. The predicted octanol–water partition coefficient (Wildman–Crippen LogP) is 4.68. The lowest BCUT2D eigenvalue weighted by atomic mass is 10.1. The van der Waals surface area contributed by atoms with E-state index >= 15 is 0 Å². The average Bonchev–Trinajstić information content (AvgIpc) is 2.66. The molecule has 160 valence electrons. The first-order valence-electron chi connectivity index (χ1n) is 8.70. The number of hydrogen-bond acceptors (Lipinski definition) is 3. The van der Waals surface area contributed by atoms with Crippen molar-refractivity contribution in [1.82, 2.24) is 15.6 Å². The van der Waals surface area contributed by atoms with Gasteiger partial charge in [-0.3, -0.25) is 0 Å². The largest absolute Gasteiger partial charge is 0.497 e. The van der Waals surface area contributed by atoms with Crippen LogP contribution in [0.4, 0.5) is 13.2 Å². The number of nitrogens with one attached hydrogen (secondary N) is 2. The highest BCUT2D eigenvalue weighted by Crippen LogP contribution is 2.34. The number of aromatic nitrogens is 1. The van der Waals surface area contributed by atoms with E-state index in [4.69, 9.17) is 16.3 Å². The molecule has 0 saturated carbocycles. The number of benzene rings is 1. The molecule has 0 fully saturated rings. The van der Waals surface area contributed by atoms with E-state index in [1.165, 1.54) is 19.2 Å². The summed E-state index contributed by atoms with van der Waals surface area (Å²) in [6, 6.07) is 7.44. The van der Waals surface area contributed by atoms with Crippen LogP contribution in [0, 0.1) is 0 Å². The van der Waals surface area contributed by atoms with Gasteiger partial charge in [0.15, 0.2) is 5.96 Å². The standard InChI is InChI=1S/C19H22ClF3N4O.HI/c1-3-24-18(25-9-8-13-4-7-17(20)26-11-13)27-12-14-5-6-15(28-2)10-16(14)19(21,22)23;/h4-7,10-11H,3,8-9,12H2,1-2H3,(H2,24,25,27);1H. The molecule has 1 aromatic heterocycles. The van der Waals surface area contributed by atoms with Crippen molar-refractivity contribution in [2.75, 3.05) is 20.2 Å². The minimum Gasteiger partial charge on any atom is -0.497 e. The van der Waals surface area contributed by atoms with Gasteiger partial charge in [0.25, 0.3) is 0 Å². The molecule has 0 amide bonds. The molecule has 29 heavy (non-hydrogen) atoms. The highest BCUT2D eigenvalue weighted by atomic mass is 127. The molecule has 0 aliphatic heterocycles. The molecular formula is C19H23ClF3IN4O. The van der Waals surface area contributed by atoms with Crippen molar-refractivity contribution < 1.29 is 17.9 Å². The Labute approximate surface area is 190 Å². The van der Waals surface area contributed by atoms with Gasteiger partial charge < -0.3 is 15.4 Å². The van der Waals surface area contributed by atoms with Gasteiger partial charge in [-0.1, -0.05) is 23.7 Å². The summed E-state index contributed by atoms with van der Waals surface area (Å²) in [5.74, 6) is 0.593. The molecule has 0 unspecified atom stereocenters. The van der Waals surface area contributed by atoms with E-state index in [1.807, 2.05) is 13.0 Å². The lowest BCUT2D eigenvalue weighted by molar-refractivity contribution is -0.138. The van der Waals surface area contributed by atoms with E-state index in [2.05, 4.69) is 20.6 Å². The minimum atomic E-state index is -4.48. The SMILES string of the molecule is CCNC(=NCc1ccc(OC)cc1C(F)(F)F)NCCc1ccc(Cl)nc1.I. The van der Waals surface area contributed by atoms with Crippen LogP contribution < -0.4 is 15.4 Å². The number of halogens is 5. The number of ether oxygens (including phenoxy) is 1. The van der Waals surface area contributed by atoms with Crippen LogP contribution in [-0.4, -0.2) is 31.1 Å². The van der Waals surface area contributed by atoms with E-state index in [9.17, 15) is 13.2 Å². The van der Waals surface area contributed by atoms with Gasteiger partial charge in [0, 0.05) is 19.3 Å². The lowest BCUT2D eigenvalue weighted by Crippen LogP contribution is -2.38. The van der Waals surface area contributed by atoms with Crippen LogP contribution in [0.25, 0.3) is 0 Å². The number of aliphatic imine (C=N–C) groups is 1. The Balaban J connectivity index is 0.00000420. The fraction of sp³-hybridized carbons (Fsp3) is 0.368. The summed E-state index contributed by atoms with van der Waals surface area (Å²) < 4.78 is 44.8. The molecule has 0 aliphatic carbocycles. The molecule has 2 N–H and O–H groups in total. The number of hydrogen-bond donors (Lipinski definition) is 2. The van der Waals surface area contributed by atoms with Gasteiger partial charge in [-0.05, 0) is 42.7 Å². The Morgan fingerprint density at radius 1 is 1.21 bits per heavy atom. The summed E-state index contributed by atoms with van der Waals surface area (Å²) in [7, 11) is 1.33. The molecule has 1 aromatic carbocycles. The number of pyridine rings is 1. The van der Waals surface area contributed by atoms with Crippen molar-refractivity contribution in [3.63, 3.8) is 0 Å². The quantitative estimate of drug-likeness (QED) is 0.231. The molecule has 0 atom stereocenters. The number of guanidine groups is 1. The van der Waals surface area contributed by atoms with Crippen molar-refractivity contribution in [3.05, 3.63) is 58.4 Å².